The molecule has 1 fully saturated rings. The number of aromatic nitrogens is 2. The van der Waals surface area contributed by atoms with Crippen LogP contribution < -0.4 is 0 Å². The first-order valence-electron chi connectivity index (χ1n) is 6.73. The van der Waals surface area contributed by atoms with Crippen LogP contribution in [-0.4, -0.2) is 14.7 Å². The highest BCUT2D eigenvalue weighted by molar-refractivity contribution is 5.21. The Hall–Kier alpha value is -1.90. The average molecular weight is 262 g/mol. The number of nitrogens with zero attached hydrogens (tertiary/aromatic N) is 4. The summed E-state index contributed by atoms with van der Waals surface area (Å²) < 4.78 is 1.62. The van der Waals surface area contributed by atoms with Crippen LogP contribution in [0, 0.1) is 33.3 Å². The van der Waals surface area contributed by atoms with E-state index in [0.29, 0.717) is 5.92 Å². The van der Waals surface area contributed by atoms with Crippen molar-refractivity contribution in [1.29, 1.82) is 5.26 Å². The number of rotatable bonds is 4. The minimum Gasteiger partial charge on any atom is -0.261 e. The van der Waals surface area contributed by atoms with Gasteiger partial charge in [0.25, 0.3) is 0 Å². The highest BCUT2D eigenvalue weighted by atomic mass is 16.6. The molecule has 3 unspecified atom stereocenters. The topological polar surface area (TPSA) is 84.8 Å². The Bertz CT molecular complexity index is 491. The fourth-order valence-electron chi connectivity index (χ4n) is 2.95. The Kier molecular flexibility index (Phi) is 4.15. The molecule has 102 valence electrons. The summed E-state index contributed by atoms with van der Waals surface area (Å²) in [6, 6.07) is 2.30. The van der Waals surface area contributed by atoms with Gasteiger partial charge in [-0.1, -0.05) is 19.8 Å². The molecule has 0 N–H and O–H groups in total. The van der Waals surface area contributed by atoms with Gasteiger partial charge in [-0.3, -0.25) is 14.8 Å². The van der Waals surface area contributed by atoms with Crippen molar-refractivity contribution >= 4 is 5.69 Å². The maximum Gasteiger partial charge on any atom is 0.307 e. The Morgan fingerprint density at radius 1 is 1.63 bits per heavy atom. The minimum atomic E-state index is -0.447. The van der Waals surface area contributed by atoms with Crippen LogP contribution in [0.25, 0.3) is 0 Å². The lowest BCUT2D eigenvalue weighted by Crippen LogP contribution is -2.27. The fraction of sp³-hybridized carbons (Fsp3) is 0.692. The number of hydrogen-bond donors (Lipinski definition) is 0. The van der Waals surface area contributed by atoms with E-state index in [-0.39, 0.29) is 17.6 Å². The summed E-state index contributed by atoms with van der Waals surface area (Å²) in [6.45, 7) is 2.16. The molecule has 0 radical (unpaired) electrons. The second kappa shape index (κ2) is 5.83. The van der Waals surface area contributed by atoms with Crippen molar-refractivity contribution in [2.75, 3.05) is 0 Å². The maximum absolute atomic E-state index is 10.7. The van der Waals surface area contributed by atoms with Crippen LogP contribution >= 0.6 is 0 Å². The third kappa shape index (κ3) is 2.92. The van der Waals surface area contributed by atoms with Crippen LogP contribution in [0.3, 0.4) is 0 Å². The summed E-state index contributed by atoms with van der Waals surface area (Å²) in [7, 11) is 0. The summed E-state index contributed by atoms with van der Waals surface area (Å²) in [5.74, 6) is 0.510. The van der Waals surface area contributed by atoms with E-state index in [1.807, 2.05) is 0 Å². The normalized spacial score (nSPS) is 26.8. The SMILES string of the molecule is CCCC1CCC(C#N)C(n2cc([N+](=O)[O-])cn2)C1. The molecule has 0 aliphatic heterocycles. The predicted octanol–water partition coefficient (Wildman–Crippen LogP) is 3.07. The first kappa shape index (κ1) is 13.5. The van der Waals surface area contributed by atoms with E-state index in [4.69, 9.17) is 0 Å². The van der Waals surface area contributed by atoms with Gasteiger partial charge in [0.2, 0.25) is 0 Å². The second-order valence-corrected chi connectivity index (χ2v) is 5.21. The van der Waals surface area contributed by atoms with Gasteiger partial charge in [-0.2, -0.15) is 10.4 Å². The zero-order valence-corrected chi connectivity index (χ0v) is 11.0. The maximum atomic E-state index is 10.7. The summed E-state index contributed by atoms with van der Waals surface area (Å²) in [4.78, 5) is 10.3. The van der Waals surface area contributed by atoms with Crippen molar-refractivity contribution < 1.29 is 4.92 Å². The number of nitro groups is 1. The molecule has 19 heavy (non-hydrogen) atoms. The molecule has 0 spiro atoms. The van der Waals surface area contributed by atoms with Crippen molar-refractivity contribution in [1.82, 2.24) is 9.78 Å². The molecule has 6 heteroatoms. The molecule has 1 aromatic rings. The van der Waals surface area contributed by atoms with Crippen LogP contribution in [0.1, 0.15) is 45.1 Å². The summed E-state index contributed by atoms with van der Waals surface area (Å²) in [5, 5.41) is 24.0. The number of hydrogen-bond acceptors (Lipinski definition) is 4. The molecule has 0 saturated heterocycles. The van der Waals surface area contributed by atoms with Gasteiger partial charge in [0.15, 0.2) is 0 Å². The lowest BCUT2D eigenvalue weighted by Gasteiger charge is -2.32. The first-order valence-corrected chi connectivity index (χ1v) is 6.73. The highest BCUT2D eigenvalue weighted by Crippen LogP contribution is 2.38. The van der Waals surface area contributed by atoms with Crippen LogP contribution in [0.15, 0.2) is 12.4 Å². The largest absolute Gasteiger partial charge is 0.307 e. The molecular weight excluding hydrogens is 244 g/mol. The quantitative estimate of drug-likeness (QED) is 0.616. The van der Waals surface area contributed by atoms with Crippen molar-refractivity contribution in [3.63, 3.8) is 0 Å². The molecule has 1 aliphatic carbocycles. The van der Waals surface area contributed by atoms with Gasteiger partial charge in [0.1, 0.15) is 12.4 Å². The van der Waals surface area contributed by atoms with Crippen LogP contribution in [0.2, 0.25) is 0 Å². The van der Waals surface area contributed by atoms with Crippen molar-refractivity contribution in [3.05, 3.63) is 22.5 Å². The average Bonchev–Trinajstić information content (AvgIpc) is 2.88. The monoisotopic (exact) mass is 262 g/mol. The predicted molar refractivity (Wildman–Crippen MR) is 69.3 cm³/mol. The molecular formula is C13H18N4O2. The molecule has 1 aromatic heterocycles. The van der Waals surface area contributed by atoms with Gasteiger partial charge in [-0.05, 0) is 25.2 Å². The van der Waals surface area contributed by atoms with E-state index in [1.54, 1.807) is 4.68 Å². The fourth-order valence-corrected chi connectivity index (χ4v) is 2.95. The van der Waals surface area contributed by atoms with Crippen molar-refractivity contribution in [3.8, 4) is 6.07 Å². The van der Waals surface area contributed by atoms with Gasteiger partial charge in [-0.25, -0.2) is 0 Å². The van der Waals surface area contributed by atoms with Gasteiger partial charge >= 0.3 is 5.69 Å². The van der Waals surface area contributed by atoms with E-state index in [9.17, 15) is 15.4 Å². The summed E-state index contributed by atoms with van der Waals surface area (Å²) in [5.41, 5.74) is -0.00527. The zero-order chi connectivity index (χ0) is 13.8. The molecule has 0 bridgehead atoms. The van der Waals surface area contributed by atoms with Crippen molar-refractivity contribution in [2.24, 2.45) is 11.8 Å². The lowest BCUT2D eigenvalue weighted by molar-refractivity contribution is -0.385. The standard InChI is InChI=1S/C13H18N4O2/c1-2-3-10-4-5-11(7-14)13(6-10)16-9-12(8-15-16)17(18)19/h8-11,13H,2-6H2,1H3. The Morgan fingerprint density at radius 2 is 2.42 bits per heavy atom. The minimum absolute atomic E-state index is 0.00527. The first-order chi connectivity index (χ1) is 9.15. The molecule has 1 aliphatic rings. The van der Waals surface area contributed by atoms with E-state index in [2.05, 4.69) is 18.1 Å². The van der Waals surface area contributed by atoms with E-state index < -0.39 is 4.92 Å². The van der Waals surface area contributed by atoms with E-state index in [0.717, 1.165) is 32.1 Å². The van der Waals surface area contributed by atoms with Gasteiger partial charge in [0, 0.05) is 0 Å². The summed E-state index contributed by atoms with van der Waals surface area (Å²) >= 11 is 0. The zero-order valence-electron chi connectivity index (χ0n) is 11.0. The third-order valence-electron chi connectivity index (χ3n) is 3.93. The van der Waals surface area contributed by atoms with E-state index >= 15 is 0 Å². The van der Waals surface area contributed by atoms with Crippen LogP contribution in [0.4, 0.5) is 5.69 Å². The van der Waals surface area contributed by atoms with Gasteiger partial charge < -0.3 is 0 Å². The molecule has 6 nitrogen and oxygen atoms in total. The molecule has 1 saturated carbocycles. The Balaban J connectivity index is 2.17. The highest BCUT2D eigenvalue weighted by Gasteiger charge is 2.32. The Morgan fingerprint density at radius 3 is 3.00 bits per heavy atom. The third-order valence-corrected chi connectivity index (χ3v) is 3.93. The van der Waals surface area contributed by atoms with Crippen LogP contribution in [0.5, 0.6) is 0 Å². The van der Waals surface area contributed by atoms with Gasteiger partial charge in [-0.15, -0.1) is 0 Å². The molecule has 0 aromatic carbocycles. The molecule has 0 amide bonds. The van der Waals surface area contributed by atoms with Crippen LogP contribution in [-0.2, 0) is 0 Å². The summed E-state index contributed by atoms with van der Waals surface area (Å²) in [6.07, 6.45) is 7.82. The molecule has 3 atom stereocenters. The van der Waals surface area contributed by atoms with Gasteiger partial charge in [0.05, 0.1) is 23.0 Å². The van der Waals surface area contributed by atoms with E-state index in [1.165, 1.54) is 12.4 Å². The second-order valence-electron chi connectivity index (χ2n) is 5.21. The lowest BCUT2D eigenvalue weighted by atomic mass is 9.77. The molecule has 1 heterocycles. The molecule has 2 rings (SSSR count). The smallest absolute Gasteiger partial charge is 0.261 e. The number of nitriles is 1. The van der Waals surface area contributed by atoms with Crippen molar-refractivity contribution in [2.45, 2.75) is 45.1 Å². The Labute approximate surface area is 112 Å².